The summed E-state index contributed by atoms with van der Waals surface area (Å²) in [4.78, 5) is 4.07. The highest BCUT2D eigenvalue weighted by atomic mass is 35.5. The summed E-state index contributed by atoms with van der Waals surface area (Å²) < 4.78 is 6.09. The quantitative estimate of drug-likeness (QED) is 0.740. The molecule has 0 N–H and O–H groups in total. The second kappa shape index (κ2) is 3.73. The van der Waals surface area contributed by atoms with Crippen LogP contribution in [0.4, 0.5) is 0 Å². The third-order valence-electron chi connectivity index (χ3n) is 1.18. The maximum atomic E-state index is 5.66. The van der Waals surface area contributed by atoms with Crippen molar-refractivity contribution >= 4 is 22.9 Å². The highest BCUT2D eigenvalue weighted by Crippen LogP contribution is 2.17. The molecule has 0 fully saturated rings. The average molecular weight is 206 g/mol. The van der Waals surface area contributed by atoms with Crippen LogP contribution in [0.3, 0.4) is 0 Å². The maximum absolute atomic E-state index is 5.66. The van der Waals surface area contributed by atoms with Gasteiger partial charge in [-0.15, -0.1) is 11.3 Å². The van der Waals surface area contributed by atoms with E-state index in [1.165, 1.54) is 11.3 Å². The molecule has 0 saturated heterocycles. The van der Waals surface area contributed by atoms with Crippen molar-refractivity contribution in [1.82, 2.24) is 4.98 Å². The first-order chi connectivity index (χ1) is 5.47. The molecule has 2 nitrogen and oxygen atoms in total. The molecular weight excluding hydrogens is 194 g/mol. The van der Waals surface area contributed by atoms with Crippen LogP contribution in [0.1, 0.15) is 26.5 Å². The Morgan fingerprint density at radius 2 is 2.25 bits per heavy atom. The number of ether oxygens (including phenoxy) is 1. The van der Waals surface area contributed by atoms with Gasteiger partial charge in [0.25, 0.3) is 0 Å². The minimum atomic E-state index is -0.115. The Balaban J connectivity index is 2.44. The third kappa shape index (κ3) is 3.52. The molecule has 1 aromatic heterocycles. The molecule has 0 aromatic carbocycles. The van der Waals surface area contributed by atoms with Gasteiger partial charge in [0.05, 0.1) is 17.9 Å². The summed E-state index contributed by atoms with van der Waals surface area (Å²) in [6, 6.07) is 0. The van der Waals surface area contributed by atoms with Crippen molar-refractivity contribution < 1.29 is 4.74 Å². The molecule has 0 unspecified atom stereocenters. The molecular formula is C8H12ClNOS. The number of aromatic nitrogens is 1. The van der Waals surface area contributed by atoms with Gasteiger partial charge in [-0.05, 0) is 20.8 Å². The summed E-state index contributed by atoms with van der Waals surface area (Å²) in [6.07, 6.45) is 0. The van der Waals surface area contributed by atoms with Crippen molar-refractivity contribution in [3.63, 3.8) is 0 Å². The fraction of sp³-hybridized carbons (Fsp3) is 0.625. The molecule has 0 aliphatic rings. The highest BCUT2D eigenvalue weighted by Gasteiger charge is 2.10. The molecule has 1 aromatic rings. The topological polar surface area (TPSA) is 22.1 Å². The van der Waals surface area contributed by atoms with Gasteiger partial charge in [-0.2, -0.15) is 0 Å². The van der Waals surface area contributed by atoms with Crippen LogP contribution in [0.2, 0.25) is 4.47 Å². The van der Waals surface area contributed by atoms with Crippen LogP contribution in [0.25, 0.3) is 0 Å². The van der Waals surface area contributed by atoms with E-state index in [1.807, 2.05) is 26.2 Å². The molecule has 0 amide bonds. The Labute approximate surface area is 81.5 Å². The van der Waals surface area contributed by atoms with Crippen molar-refractivity contribution in [2.24, 2.45) is 0 Å². The third-order valence-corrected chi connectivity index (χ3v) is 2.20. The summed E-state index contributed by atoms with van der Waals surface area (Å²) in [7, 11) is 0. The zero-order valence-corrected chi connectivity index (χ0v) is 9.00. The largest absolute Gasteiger partial charge is 0.370 e. The fourth-order valence-electron chi connectivity index (χ4n) is 0.639. The predicted molar refractivity (Wildman–Crippen MR) is 51.7 cm³/mol. The van der Waals surface area contributed by atoms with E-state index in [0.29, 0.717) is 11.1 Å². The van der Waals surface area contributed by atoms with Crippen molar-refractivity contribution in [2.45, 2.75) is 33.0 Å². The first kappa shape index (κ1) is 9.96. The number of hydrogen-bond acceptors (Lipinski definition) is 3. The normalized spacial score (nSPS) is 12.0. The molecule has 0 spiro atoms. The molecule has 0 saturated carbocycles. The number of hydrogen-bond donors (Lipinski definition) is 0. The van der Waals surface area contributed by atoms with E-state index in [0.717, 1.165) is 5.69 Å². The van der Waals surface area contributed by atoms with Crippen LogP contribution >= 0.6 is 22.9 Å². The molecule has 0 atom stereocenters. The summed E-state index contributed by atoms with van der Waals surface area (Å²) in [5, 5.41) is 1.91. The number of halogens is 1. The smallest absolute Gasteiger partial charge is 0.183 e. The van der Waals surface area contributed by atoms with Gasteiger partial charge in [0.1, 0.15) is 0 Å². The molecule has 0 aliphatic carbocycles. The summed E-state index contributed by atoms with van der Waals surface area (Å²) in [5.74, 6) is 0. The lowest BCUT2D eigenvalue weighted by Gasteiger charge is -2.18. The zero-order valence-electron chi connectivity index (χ0n) is 7.43. The number of nitrogens with zero attached hydrogens (tertiary/aromatic N) is 1. The van der Waals surface area contributed by atoms with Crippen LogP contribution < -0.4 is 0 Å². The van der Waals surface area contributed by atoms with Gasteiger partial charge in [0, 0.05) is 5.38 Å². The van der Waals surface area contributed by atoms with E-state index >= 15 is 0 Å². The Morgan fingerprint density at radius 3 is 2.67 bits per heavy atom. The van der Waals surface area contributed by atoms with Gasteiger partial charge in [-0.1, -0.05) is 11.6 Å². The van der Waals surface area contributed by atoms with Gasteiger partial charge in [0.15, 0.2) is 4.47 Å². The molecule has 0 bridgehead atoms. The van der Waals surface area contributed by atoms with Gasteiger partial charge < -0.3 is 4.74 Å². The lowest BCUT2D eigenvalue weighted by molar-refractivity contribution is -0.0162. The second-order valence-corrected chi connectivity index (χ2v) is 4.93. The van der Waals surface area contributed by atoms with Crippen molar-refractivity contribution in [2.75, 3.05) is 0 Å². The van der Waals surface area contributed by atoms with Gasteiger partial charge in [-0.25, -0.2) is 4.98 Å². The van der Waals surface area contributed by atoms with E-state index in [1.54, 1.807) is 0 Å². The van der Waals surface area contributed by atoms with Crippen molar-refractivity contribution in [3.05, 3.63) is 15.5 Å². The van der Waals surface area contributed by atoms with E-state index in [4.69, 9.17) is 16.3 Å². The van der Waals surface area contributed by atoms with E-state index in [-0.39, 0.29) is 5.60 Å². The monoisotopic (exact) mass is 205 g/mol. The molecule has 1 rings (SSSR count). The molecule has 0 aliphatic heterocycles. The van der Waals surface area contributed by atoms with E-state index in [9.17, 15) is 0 Å². The van der Waals surface area contributed by atoms with E-state index < -0.39 is 0 Å². The van der Waals surface area contributed by atoms with Crippen LogP contribution in [-0.4, -0.2) is 10.6 Å². The van der Waals surface area contributed by atoms with Crippen molar-refractivity contribution in [3.8, 4) is 0 Å². The lowest BCUT2D eigenvalue weighted by atomic mass is 10.2. The summed E-state index contributed by atoms with van der Waals surface area (Å²) in [5.41, 5.74) is 0.788. The van der Waals surface area contributed by atoms with E-state index in [2.05, 4.69) is 4.98 Å². The van der Waals surface area contributed by atoms with Crippen molar-refractivity contribution in [1.29, 1.82) is 0 Å². The zero-order chi connectivity index (χ0) is 9.19. The Bertz CT molecular complexity index is 254. The SMILES string of the molecule is CC(C)(C)OCc1csc(Cl)n1. The van der Waals surface area contributed by atoms with Crippen LogP contribution in [0.5, 0.6) is 0 Å². The standard InChI is InChI=1S/C8H12ClNOS/c1-8(2,3)11-4-6-5-12-7(9)10-6/h5H,4H2,1-3H3. The summed E-state index contributed by atoms with van der Waals surface area (Å²) >= 11 is 7.09. The van der Waals surface area contributed by atoms with Gasteiger partial charge in [0.2, 0.25) is 0 Å². The predicted octanol–water partition coefficient (Wildman–Crippen LogP) is 3.11. The summed E-state index contributed by atoms with van der Waals surface area (Å²) in [6.45, 7) is 6.58. The molecule has 1 heterocycles. The lowest BCUT2D eigenvalue weighted by Crippen LogP contribution is -2.18. The van der Waals surface area contributed by atoms with Gasteiger partial charge >= 0.3 is 0 Å². The minimum absolute atomic E-state index is 0.115. The molecule has 4 heteroatoms. The minimum Gasteiger partial charge on any atom is -0.370 e. The molecule has 0 radical (unpaired) electrons. The average Bonchev–Trinajstić information content (AvgIpc) is 2.30. The number of thiazole rings is 1. The highest BCUT2D eigenvalue weighted by molar-refractivity contribution is 7.13. The Morgan fingerprint density at radius 1 is 1.58 bits per heavy atom. The first-order valence-corrected chi connectivity index (χ1v) is 4.97. The van der Waals surface area contributed by atoms with Gasteiger partial charge in [-0.3, -0.25) is 0 Å². The molecule has 68 valence electrons. The second-order valence-electron chi connectivity index (χ2n) is 3.49. The fourth-order valence-corrected chi connectivity index (χ4v) is 1.41. The molecule has 12 heavy (non-hydrogen) atoms. The Hall–Kier alpha value is -0.120. The Kier molecular flexibility index (Phi) is 3.09. The first-order valence-electron chi connectivity index (χ1n) is 3.71. The van der Waals surface area contributed by atoms with Crippen LogP contribution in [-0.2, 0) is 11.3 Å². The maximum Gasteiger partial charge on any atom is 0.183 e. The number of rotatable bonds is 2. The van der Waals surface area contributed by atoms with Crippen LogP contribution in [0, 0.1) is 0 Å². The van der Waals surface area contributed by atoms with Crippen LogP contribution in [0.15, 0.2) is 5.38 Å².